The Morgan fingerprint density at radius 2 is 1.70 bits per heavy atom. The fourth-order valence-corrected chi connectivity index (χ4v) is 4.30. The van der Waals surface area contributed by atoms with Crippen molar-refractivity contribution >= 4 is 51.2 Å². The van der Waals surface area contributed by atoms with Crippen LogP contribution in [0.4, 0.5) is 11.6 Å². The van der Waals surface area contributed by atoms with Crippen LogP contribution in [0.3, 0.4) is 0 Å². The van der Waals surface area contributed by atoms with Gasteiger partial charge in [0.2, 0.25) is 5.95 Å². The van der Waals surface area contributed by atoms with E-state index in [0.29, 0.717) is 5.57 Å². The number of para-hydroxylation sites is 3. The fraction of sp³-hybridized carbons (Fsp3) is 0.0833. The van der Waals surface area contributed by atoms with E-state index in [4.69, 9.17) is 4.98 Å². The summed E-state index contributed by atoms with van der Waals surface area (Å²) in [6, 6.07) is 25.6. The van der Waals surface area contributed by atoms with Gasteiger partial charge in [0.1, 0.15) is 0 Å². The smallest absolute Gasteiger partial charge is 0.255 e. The summed E-state index contributed by atoms with van der Waals surface area (Å²) in [6.45, 7) is 1.93. The van der Waals surface area contributed by atoms with Gasteiger partial charge < -0.3 is 10.6 Å². The number of halogens is 1. The Labute approximate surface area is 188 Å². The van der Waals surface area contributed by atoms with E-state index in [1.54, 1.807) is 0 Å². The van der Waals surface area contributed by atoms with Gasteiger partial charge in [-0.05, 0) is 71.5 Å². The molecule has 0 aliphatic carbocycles. The Morgan fingerprint density at radius 1 is 1.00 bits per heavy atom. The summed E-state index contributed by atoms with van der Waals surface area (Å²) < 4.78 is 3.27. The van der Waals surface area contributed by atoms with E-state index in [9.17, 15) is 4.79 Å². The van der Waals surface area contributed by atoms with E-state index in [0.717, 1.165) is 37.5 Å². The number of imidazole rings is 1. The first-order valence-electron chi connectivity index (χ1n) is 9.68. The van der Waals surface area contributed by atoms with Crippen LogP contribution in [0.15, 0.2) is 90.1 Å². The number of rotatable bonds is 3. The highest BCUT2D eigenvalue weighted by atomic mass is 127. The van der Waals surface area contributed by atoms with E-state index in [1.807, 2.05) is 61.5 Å². The monoisotopic (exact) mass is 506 g/mol. The summed E-state index contributed by atoms with van der Waals surface area (Å²) >= 11 is 2.30. The summed E-state index contributed by atoms with van der Waals surface area (Å²) in [5.41, 5.74) is 5.17. The average Bonchev–Trinajstić information content (AvgIpc) is 3.12. The third-order valence-corrected chi connectivity index (χ3v) is 6.01. The van der Waals surface area contributed by atoms with Gasteiger partial charge >= 0.3 is 0 Å². The molecule has 2 heterocycles. The maximum atomic E-state index is 13.5. The van der Waals surface area contributed by atoms with Crippen LogP contribution in [-0.2, 0) is 4.79 Å². The summed E-state index contributed by atoms with van der Waals surface area (Å²) in [7, 11) is 0. The molecule has 30 heavy (non-hydrogen) atoms. The van der Waals surface area contributed by atoms with Crippen LogP contribution in [0.1, 0.15) is 18.5 Å². The van der Waals surface area contributed by atoms with Gasteiger partial charge in [-0.3, -0.25) is 9.36 Å². The Balaban J connectivity index is 1.68. The predicted octanol–water partition coefficient (Wildman–Crippen LogP) is 5.57. The second-order valence-corrected chi connectivity index (χ2v) is 8.48. The molecule has 0 saturated heterocycles. The number of benzene rings is 3. The Kier molecular flexibility index (Phi) is 4.78. The third-order valence-electron chi connectivity index (χ3n) is 5.29. The van der Waals surface area contributed by atoms with Crippen molar-refractivity contribution in [3.05, 3.63) is 99.3 Å². The van der Waals surface area contributed by atoms with Gasteiger partial charge in [-0.15, -0.1) is 0 Å². The van der Waals surface area contributed by atoms with Crippen molar-refractivity contribution in [1.82, 2.24) is 9.55 Å². The van der Waals surface area contributed by atoms with E-state index in [1.165, 1.54) is 0 Å². The molecule has 5 nitrogen and oxygen atoms in total. The van der Waals surface area contributed by atoms with Crippen LogP contribution in [0.25, 0.3) is 11.0 Å². The number of hydrogen-bond acceptors (Lipinski definition) is 3. The molecule has 4 aromatic rings. The number of fused-ring (bicyclic) bond motifs is 3. The first-order valence-corrected chi connectivity index (χ1v) is 10.8. The van der Waals surface area contributed by atoms with Crippen molar-refractivity contribution < 1.29 is 4.79 Å². The maximum Gasteiger partial charge on any atom is 0.255 e. The largest absolute Gasteiger partial charge is 0.329 e. The summed E-state index contributed by atoms with van der Waals surface area (Å²) in [6.07, 6.45) is 0. The van der Waals surface area contributed by atoms with E-state index < -0.39 is 0 Å². The van der Waals surface area contributed by atoms with Gasteiger partial charge in [-0.1, -0.05) is 42.5 Å². The van der Waals surface area contributed by atoms with Crippen molar-refractivity contribution in [3.63, 3.8) is 0 Å². The molecule has 6 heteroatoms. The molecule has 0 radical (unpaired) electrons. The first kappa shape index (κ1) is 18.9. The van der Waals surface area contributed by atoms with E-state index >= 15 is 0 Å². The molecule has 0 bridgehead atoms. The molecule has 1 aliphatic rings. The topological polar surface area (TPSA) is 59.0 Å². The average molecular weight is 506 g/mol. The van der Waals surface area contributed by atoms with Gasteiger partial charge in [0.25, 0.3) is 5.91 Å². The first-order chi connectivity index (χ1) is 14.6. The van der Waals surface area contributed by atoms with Gasteiger partial charge in [-0.2, -0.15) is 0 Å². The number of amides is 1. The number of carbonyl (C=O) groups excluding carboxylic acids is 1. The minimum Gasteiger partial charge on any atom is -0.329 e. The van der Waals surface area contributed by atoms with Gasteiger partial charge in [-0.25, -0.2) is 4.98 Å². The Hall–Kier alpha value is -3.13. The molecule has 3 aromatic carbocycles. The lowest BCUT2D eigenvalue weighted by Crippen LogP contribution is -2.30. The van der Waals surface area contributed by atoms with Crippen molar-refractivity contribution in [3.8, 4) is 0 Å². The fourth-order valence-electron chi connectivity index (χ4n) is 3.94. The Bertz CT molecular complexity index is 1280. The number of aromatic nitrogens is 2. The highest BCUT2D eigenvalue weighted by Gasteiger charge is 2.34. The lowest BCUT2D eigenvalue weighted by Gasteiger charge is -2.30. The number of anilines is 2. The molecule has 1 aromatic heterocycles. The molecular weight excluding hydrogens is 487 g/mol. The second kappa shape index (κ2) is 7.60. The zero-order valence-electron chi connectivity index (χ0n) is 16.3. The molecule has 0 fully saturated rings. The lowest BCUT2D eigenvalue weighted by atomic mass is 9.94. The quantitative estimate of drug-likeness (QED) is 0.358. The van der Waals surface area contributed by atoms with Crippen molar-refractivity contribution in [1.29, 1.82) is 0 Å². The van der Waals surface area contributed by atoms with Crippen LogP contribution in [0.5, 0.6) is 0 Å². The standard InChI is InChI=1S/C24H19IN4O/c1-15-21(23(30)27-18-7-3-2-4-8-18)22(16-11-13-17(25)14-12-16)29-20-10-6-5-9-19(20)28-24(29)26-15/h2-14,22H,1H3,(H,26,28)(H,27,30)/t22-/m1/s1. The number of carbonyl (C=O) groups is 1. The van der Waals surface area contributed by atoms with Gasteiger partial charge in [0.15, 0.2) is 0 Å². The summed E-state index contributed by atoms with van der Waals surface area (Å²) in [5.74, 6) is 0.617. The zero-order chi connectivity index (χ0) is 20.7. The van der Waals surface area contributed by atoms with E-state index in [-0.39, 0.29) is 11.9 Å². The molecule has 0 saturated carbocycles. The molecule has 1 aliphatic heterocycles. The molecule has 0 unspecified atom stereocenters. The van der Waals surface area contributed by atoms with Gasteiger partial charge in [0.05, 0.1) is 22.6 Å². The maximum absolute atomic E-state index is 13.5. The van der Waals surface area contributed by atoms with Crippen LogP contribution >= 0.6 is 22.6 Å². The van der Waals surface area contributed by atoms with Crippen LogP contribution in [0, 0.1) is 3.57 Å². The van der Waals surface area contributed by atoms with Crippen molar-refractivity contribution in [2.45, 2.75) is 13.0 Å². The minimum atomic E-state index is -0.283. The molecule has 1 atom stereocenters. The molecule has 148 valence electrons. The molecular formula is C24H19IN4O. The molecule has 1 amide bonds. The molecule has 2 N–H and O–H groups in total. The minimum absolute atomic E-state index is 0.127. The highest BCUT2D eigenvalue weighted by Crippen LogP contribution is 2.39. The van der Waals surface area contributed by atoms with E-state index in [2.05, 4.69) is 62.1 Å². The second-order valence-electron chi connectivity index (χ2n) is 7.23. The molecule has 5 rings (SSSR count). The predicted molar refractivity (Wildman–Crippen MR) is 128 cm³/mol. The lowest BCUT2D eigenvalue weighted by molar-refractivity contribution is -0.113. The summed E-state index contributed by atoms with van der Waals surface area (Å²) in [4.78, 5) is 18.2. The highest BCUT2D eigenvalue weighted by molar-refractivity contribution is 14.1. The number of nitrogens with one attached hydrogen (secondary N) is 2. The van der Waals surface area contributed by atoms with Crippen LogP contribution < -0.4 is 10.6 Å². The SMILES string of the molecule is CC1=C(C(=O)Nc2ccccc2)[C@@H](c2ccc(I)cc2)n2c(nc3ccccc32)N1. The van der Waals surface area contributed by atoms with Crippen LogP contribution in [-0.4, -0.2) is 15.5 Å². The number of nitrogens with zero attached hydrogens (tertiary/aromatic N) is 2. The summed E-state index contributed by atoms with van der Waals surface area (Å²) in [5, 5.41) is 6.40. The van der Waals surface area contributed by atoms with Crippen molar-refractivity contribution in [2.24, 2.45) is 0 Å². The number of hydrogen-bond donors (Lipinski definition) is 2. The van der Waals surface area contributed by atoms with Crippen LogP contribution in [0.2, 0.25) is 0 Å². The third kappa shape index (κ3) is 3.27. The zero-order valence-corrected chi connectivity index (χ0v) is 18.4. The number of allylic oxidation sites excluding steroid dienone is 1. The normalized spacial score (nSPS) is 15.6. The molecule has 0 spiro atoms. The van der Waals surface area contributed by atoms with Crippen molar-refractivity contribution in [2.75, 3.05) is 10.6 Å². The Morgan fingerprint density at radius 3 is 2.47 bits per heavy atom. The van der Waals surface area contributed by atoms with Gasteiger partial charge in [0, 0.05) is 15.0 Å².